The maximum atomic E-state index is 4.73. The fourth-order valence-electron chi connectivity index (χ4n) is 0.645. The molecule has 0 bridgehead atoms. The Morgan fingerprint density at radius 3 is 2.27 bits per heavy atom. The van der Waals surface area contributed by atoms with E-state index in [0.29, 0.717) is 4.32 Å². The van der Waals surface area contributed by atoms with Crippen LogP contribution in [0.1, 0.15) is 0 Å². The van der Waals surface area contributed by atoms with E-state index in [1.165, 1.54) is 0 Å². The summed E-state index contributed by atoms with van der Waals surface area (Å²) in [6, 6.07) is 9.69. The molecule has 0 aliphatic heterocycles. The Balaban J connectivity index is 0.000001000. The summed E-state index contributed by atoms with van der Waals surface area (Å²) < 4.78 is 0.492. The predicted molar refractivity (Wildman–Crippen MR) is 51.6 cm³/mol. The summed E-state index contributed by atoms with van der Waals surface area (Å²) in [5, 5.41) is 2.90. The van der Waals surface area contributed by atoms with Crippen molar-refractivity contribution in [1.29, 1.82) is 0 Å². The van der Waals surface area contributed by atoms with E-state index in [2.05, 4.69) is 17.9 Å². The summed E-state index contributed by atoms with van der Waals surface area (Å²) in [6.45, 7) is 0. The van der Waals surface area contributed by atoms with Gasteiger partial charge in [-0.25, -0.2) is 0 Å². The standard InChI is InChI=1S/C7H7NS2.Cu/c9-7(10)8-6-4-2-1-3-5-6;/h1-5H,(H2,8,9,10);. The number of thiocarbonyl (C=S) groups is 1. The first-order valence-electron chi connectivity index (χ1n) is 2.84. The van der Waals surface area contributed by atoms with Crippen LogP contribution in [-0.2, 0) is 17.1 Å². The summed E-state index contributed by atoms with van der Waals surface area (Å²) in [5.74, 6) is 0. The Bertz CT molecular complexity index is 225. The smallest absolute Gasteiger partial charge is 0.135 e. The topological polar surface area (TPSA) is 12.0 Å². The molecule has 0 aliphatic rings. The van der Waals surface area contributed by atoms with E-state index in [4.69, 9.17) is 12.2 Å². The maximum absolute atomic E-state index is 4.73. The Labute approximate surface area is 87.5 Å². The van der Waals surface area contributed by atoms with Gasteiger partial charge in [0.1, 0.15) is 4.32 Å². The third kappa shape index (κ3) is 4.43. The normalized spacial score (nSPS) is 8.09. The molecule has 0 saturated carbocycles. The number of anilines is 1. The van der Waals surface area contributed by atoms with Gasteiger partial charge < -0.3 is 5.32 Å². The van der Waals surface area contributed by atoms with E-state index in [0.717, 1.165) is 5.69 Å². The second-order valence-electron chi connectivity index (χ2n) is 1.80. The van der Waals surface area contributed by atoms with Crippen molar-refractivity contribution in [2.45, 2.75) is 0 Å². The van der Waals surface area contributed by atoms with Gasteiger partial charge in [-0.1, -0.05) is 30.4 Å². The van der Waals surface area contributed by atoms with E-state index in [1.54, 1.807) is 0 Å². The van der Waals surface area contributed by atoms with Crippen LogP contribution in [0.15, 0.2) is 30.3 Å². The van der Waals surface area contributed by atoms with Crippen LogP contribution in [0.5, 0.6) is 0 Å². The van der Waals surface area contributed by atoms with Crippen molar-refractivity contribution in [2.24, 2.45) is 0 Å². The van der Waals surface area contributed by atoms with Crippen LogP contribution in [-0.4, -0.2) is 4.32 Å². The fourth-order valence-corrected chi connectivity index (χ4v) is 0.892. The minimum Gasteiger partial charge on any atom is -0.341 e. The van der Waals surface area contributed by atoms with Crippen LogP contribution in [0.25, 0.3) is 0 Å². The summed E-state index contributed by atoms with van der Waals surface area (Å²) in [6.07, 6.45) is 0. The zero-order valence-corrected chi connectivity index (χ0v) is 8.20. The quantitative estimate of drug-likeness (QED) is 0.438. The number of nitrogens with one attached hydrogen (secondary N) is 1. The van der Waals surface area contributed by atoms with E-state index >= 15 is 0 Å². The van der Waals surface area contributed by atoms with Crippen LogP contribution < -0.4 is 5.32 Å². The predicted octanol–water partition coefficient (Wildman–Crippen LogP) is 2.31. The number of benzene rings is 1. The Morgan fingerprint density at radius 2 is 1.82 bits per heavy atom. The second-order valence-corrected chi connectivity index (χ2v) is 2.95. The summed E-state index contributed by atoms with van der Waals surface area (Å²) in [7, 11) is 0. The molecule has 1 nitrogen and oxygen atoms in total. The molecule has 0 aromatic heterocycles. The molecule has 0 aliphatic carbocycles. The minimum absolute atomic E-state index is 0. The monoisotopic (exact) mass is 232 g/mol. The number of hydrogen-bond donors (Lipinski definition) is 2. The van der Waals surface area contributed by atoms with Crippen molar-refractivity contribution in [2.75, 3.05) is 5.32 Å². The van der Waals surface area contributed by atoms with Crippen molar-refractivity contribution in [3.63, 3.8) is 0 Å². The van der Waals surface area contributed by atoms with Crippen LogP contribution in [0, 0.1) is 0 Å². The SMILES string of the molecule is S=C(S)Nc1ccccc1.[Cu]. The van der Waals surface area contributed by atoms with Gasteiger partial charge in [0.15, 0.2) is 0 Å². The van der Waals surface area contributed by atoms with E-state index in [9.17, 15) is 0 Å². The van der Waals surface area contributed by atoms with E-state index in [-0.39, 0.29) is 17.1 Å². The third-order valence-corrected chi connectivity index (χ3v) is 1.24. The Morgan fingerprint density at radius 1 is 1.27 bits per heavy atom. The molecule has 0 atom stereocenters. The summed E-state index contributed by atoms with van der Waals surface area (Å²) in [4.78, 5) is 0. The zero-order valence-electron chi connectivity index (χ0n) is 5.54. The van der Waals surface area contributed by atoms with Gasteiger partial charge in [-0.15, -0.1) is 12.6 Å². The van der Waals surface area contributed by atoms with Gasteiger partial charge in [0, 0.05) is 22.8 Å². The molecule has 0 fully saturated rings. The fraction of sp³-hybridized carbons (Fsp3) is 0. The molecule has 0 unspecified atom stereocenters. The molecule has 11 heavy (non-hydrogen) atoms. The Kier molecular flexibility index (Phi) is 5.60. The van der Waals surface area contributed by atoms with Crippen LogP contribution in [0.3, 0.4) is 0 Å². The van der Waals surface area contributed by atoms with Gasteiger partial charge in [0.2, 0.25) is 0 Å². The molecule has 1 rings (SSSR count). The maximum Gasteiger partial charge on any atom is 0.135 e. The van der Waals surface area contributed by atoms with Crippen LogP contribution in [0.4, 0.5) is 5.69 Å². The zero-order chi connectivity index (χ0) is 7.40. The molecule has 1 aromatic carbocycles. The van der Waals surface area contributed by atoms with Gasteiger partial charge in [-0.05, 0) is 12.1 Å². The molecule has 63 valence electrons. The molecule has 1 aromatic rings. The van der Waals surface area contributed by atoms with Crippen molar-refractivity contribution >= 4 is 34.9 Å². The molecule has 1 N–H and O–H groups in total. The second kappa shape index (κ2) is 5.61. The number of hydrogen-bond acceptors (Lipinski definition) is 1. The first-order valence-corrected chi connectivity index (χ1v) is 3.69. The molecule has 4 heteroatoms. The first kappa shape index (κ1) is 11.0. The Hall–Kier alpha value is -0.0205. The van der Waals surface area contributed by atoms with Crippen molar-refractivity contribution < 1.29 is 17.1 Å². The molecule has 0 spiro atoms. The molecule has 1 radical (unpaired) electrons. The van der Waals surface area contributed by atoms with Crippen LogP contribution in [0.2, 0.25) is 0 Å². The number of rotatable bonds is 1. The van der Waals surface area contributed by atoms with Gasteiger partial charge in [0.25, 0.3) is 0 Å². The largest absolute Gasteiger partial charge is 0.341 e. The molecular weight excluding hydrogens is 226 g/mol. The molecular formula is C7H7CuNS2. The third-order valence-electron chi connectivity index (χ3n) is 1.03. The summed E-state index contributed by atoms with van der Waals surface area (Å²) >= 11 is 8.66. The number of para-hydroxylation sites is 1. The summed E-state index contributed by atoms with van der Waals surface area (Å²) in [5.41, 5.74) is 0.975. The minimum atomic E-state index is 0. The van der Waals surface area contributed by atoms with Gasteiger partial charge >= 0.3 is 0 Å². The average Bonchev–Trinajstić information content (AvgIpc) is 1.88. The first-order chi connectivity index (χ1) is 4.79. The molecule has 0 saturated heterocycles. The number of thiol groups is 1. The van der Waals surface area contributed by atoms with Gasteiger partial charge in [0.05, 0.1) is 0 Å². The van der Waals surface area contributed by atoms with Gasteiger partial charge in [-0.2, -0.15) is 0 Å². The van der Waals surface area contributed by atoms with Crippen LogP contribution >= 0.6 is 24.8 Å². The van der Waals surface area contributed by atoms with E-state index < -0.39 is 0 Å². The van der Waals surface area contributed by atoms with Crippen molar-refractivity contribution in [1.82, 2.24) is 0 Å². The van der Waals surface area contributed by atoms with Crippen molar-refractivity contribution in [3.05, 3.63) is 30.3 Å². The molecule has 0 heterocycles. The van der Waals surface area contributed by atoms with E-state index in [1.807, 2.05) is 30.3 Å². The molecule has 0 amide bonds. The van der Waals surface area contributed by atoms with Crippen molar-refractivity contribution in [3.8, 4) is 0 Å². The van der Waals surface area contributed by atoms with Gasteiger partial charge in [-0.3, -0.25) is 0 Å². The average molecular weight is 233 g/mol.